The van der Waals surface area contributed by atoms with Gasteiger partial charge in [0.15, 0.2) is 0 Å². The van der Waals surface area contributed by atoms with Crippen LogP contribution in [0.15, 0.2) is 5.16 Å². The number of hydrogen-bond donors (Lipinski definition) is 1. The highest BCUT2D eigenvalue weighted by Crippen LogP contribution is 2.02. The highest BCUT2D eigenvalue weighted by molar-refractivity contribution is 5.89. The molecule has 0 bridgehead atoms. The van der Waals surface area contributed by atoms with Crippen molar-refractivity contribution in [2.45, 2.75) is 6.92 Å². The van der Waals surface area contributed by atoms with Gasteiger partial charge in [-0.1, -0.05) is 12.1 Å². The van der Waals surface area contributed by atoms with Crippen molar-refractivity contribution in [2.75, 3.05) is 20.2 Å². The third kappa shape index (κ3) is 1.42. The second-order valence-electron chi connectivity index (χ2n) is 2.30. The molecule has 0 radical (unpaired) electrons. The van der Waals surface area contributed by atoms with E-state index in [0.29, 0.717) is 5.92 Å². The van der Waals surface area contributed by atoms with Gasteiger partial charge in [-0.05, 0) is 0 Å². The molecule has 0 aromatic heterocycles. The summed E-state index contributed by atoms with van der Waals surface area (Å²) < 4.78 is 0. The second kappa shape index (κ2) is 2.82. The normalized spacial score (nSPS) is 31.3. The Labute approximate surface area is 55.1 Å². The van der Waals surface area contributed by atoms with E-state index in [1.165, 1.54) is 0 Å². The van der Waals surface area contributed by atoms with Gasteiger partial charge in [-0.25, -0.2) is 0 Å². The fourth-order valence-electron chi connectivity index (χ4n) is 0.948. The lowest BCUT2D eigenvalue weighted by Crippen LogP contribution is -2.08. The minimum atomic E-state index is 0.546. The van der Waals surface area contributed by atoms with Gasteiger partial charge in [0, 0.05) is 19.0 Å². The summed E-state index contributed by atoms with van der Waals surface area (Å²) in [4.78, 5) is 4.64. The molecular weight excluding hydrogens is 116 g/mol. The van der Waals surface area contributed by atoms with Gasteiger partial charge in [-0.15, -0.1) is 0 Å². The molecule has 1 atom stereocenters. The van der Waals surface area contributed by atoms with Crippen molar-refractivity contribution in [1.82, 2.24) is 5.32 Å². The van der Waals surface area contributed by atoms with Crippen LogP contribution in [-0.2, 0) is 4.84 Å². The van der Waals surface area contributed by atoms with Crippen molar-refractivity contribution < 1.29 is 4.84 Å². The molecule has 0 saturated carbocycles. The average molecular weight is 128 g/mol. The molecule has 0 amide bonds. The highest BCUT2D eigenvalue weighted by Gasteiger charge is 2.17. The third-order valence-electron chi connectivity index (χ3n) is 1.53. The summed E-state index contributed by atoms with van der Waals surface area (Å²) in [5.41, 5.74) is 1.12. The summed E-state index contributed by atoms with van der Waals surface area (Å²) in [7, 11) is 1.58. The first kappa shape index (κ1) is 6.55. The topological polar surface area (TPSA) is 33.6 Å². The van der Waals surface area contributed by atoms with Crippen LogP contribution in [0.25, 0.3) is 0 Å². The largest absolute Gasteiger partial charge is 0.399 e. The van der Waals surface area contributed by atoms with Gasteiger partial charge in [0.05, 0.1) is 5.71 Å². The molecule has 0 aromatic rings. The Kier molecular flexibility index (Phi) is 2.05. The maximum atomic E-state index is 4.64. The monoisotopic (exact) mass is 128 g/mol. The SMILES string of the molecule is CO/N=C1\CNC[C@@H]1C. The molecule has 1 aliphatic rings. The molecule has 1 rings (SSSR count). The second-order valence-corrected chi connectivity index (χ2v) is 2.30. The summed E-state index contributed by atoms with van der Waals surface area (Å²) in [5, 5.41) is 7.05. The van der Waals surface area contributed by atoms with Gasteiger partial charge < -0.3 is 10.2 Å². The van der Waals surface area contributed by atoms with E-state index in [4.69, 9.17) is 0 Å². The van der Waals surface area contributed by atoms with E-state index < -0.39 is 0 Å². The third-order valence-corrected chi connectivity index (χ3v) is 1.53. The highest BCUT2D eigenvalue weighted by atomic mass is 16.6. The molecule has 1 saturated heterocycles. The van der Waals surface area contributed by atoms with E-state index in [2.05, 4.69) is 22.2 Å². The van der Waals surface area contributed by atoms with Gasteiger partial charge in [0.1, 0.15) is 7.11 Å². The lowest BCUT2D eigenvalue weighted by molar-refractivity contribution is 0.211. The molecule has 1 aliphatic heterocycles. The quantitative estimate of drug-likeness (QED) is 0.513. The Balaban J connectivity index is 2.48. The Morgan fingerprint density at radius 3 is 3.00 bits per heavy atom. The molecular formula is C6H12N2O. The number of rotatable bonds is 1. The molecule has 52 valence electrons. The smallest absolute Gasteiger partial charge is 0.106 e. The molecule has 1 heterocycles. The minimum absolute atomic E-state index is 0.546. The fraction of sp³-hybridized carbons (Fsp3) is 0.833. The minimum Gasteiger partial charge on any atom is -0.399 e. The van der Waals surface area contributed by atoms with Crippen molar-refractivity contribution in [3.8, 4) is 0 Å². The Bertz CT molecular complexity index is 122. The number of nitrogens with zero attached hydrogens (tertiary/aromatic N) is 1. The van der Waals surface area contributed by atoms with Gasteiger partial charge >= 0.3 is 0 Å². The Morgan fingerprint density at radius 1 is 1.78 bits per heavy atom. The van der Waals surface area contributed by atoms with Crippen LogP contribution in [0, 0.1) is 5.92 Å². The predicted octanol–water partition coefficient (Wildman–Crippen LogP) is 0.228. The molecule has 0 aromatic carbocycles. The predicted molar refractivity (Wildman–Crippen MR) is 36.5 cm³/mol. The van der Waals surface area contributed by atoms with Crippen molar-refractivity contribution in [1.29, 1.82) is 0 Å². The molecule has 0 unspecified atom stereocenters. The van der Waals surface area contributed by atoms with Gasteiger partial charge in [0.25, 0.3) is 0 Å². The van der Waals surface area contributed by atoms with E-state index in [0.717, 1.165) is 18.8 Å². The van der Waals surface area contributed by atoms with E-state index in [-0.39, 0.29) is 0 Å². The Hall–Kier alpha value is -0.570. The summed E-state index contributed by atoms with van der Waals surface area (Å²) >= 11 is 0. The van der Waals surface area contributed by atoms with Gasteiger partial charge in [0.2, 0.25) is 0 Å². The molecule has 1 N–H and O–H groups in total. The summed E-state index contributed by atoms with van der Waals surface area (Å²) in [5.74, 6) is 0.546. The summed E-state index contributed by atoms with van der Waals surface area (Å²) in [6.45, 7) is 4.05. The van der Waals surface area contributed by atoms with Crippen LogP contribution >= 0.6 is 0 Å². The lowest BCUT2D eigenvalue weighted by Gasteiger charge is -1.98. The van der Waals surface area contributed by atoms with Crippen LogP contribution in [0.1, 0.15) is 6.92 Å². The van der Waals surface area contributed by atoms with Crippen LogP contribution in [0.4, 0.5) is 0 Å². The van der Waals surface area contributed by atoms with Crippen molar-refractivity contribution in [2.24, 2.45) is 11.1 Å². The van der Waals surface area contributed by atoms with Crippen molar-refractivity contribution >= 4 is 5.71 Å². The van der Waals surface area contributed by atoms with Crippen molar-refractivity contribution in [3.63, 3.8) is 0 Å². The van der Waals surface area contributed by atoms with Crippen LogP contribution in [0.3, 0.4) is 0 Å². The molecule has 0 spiro atoms. The summed E-state index contributed by atoms with van der Waals surface area (Å²) in [6.07, 6.45) is 0. The first-order valence-electron chi connectivity index (χ1n) is 3.15. The number of nitrogens with one attached hydrogen (secondary N) is 1. The van der Waals surface area contributed by atoms with E-state index in [1.54, 1.807) is 7.11 Å². The maximum absolute atomic E-state index is 4.64. The maximum Gasteiger partial charge on any atom is 0.106 e. The molecule has 3 nitrogen and oxygen atoms in total. The van der Waals surface area contributed by atoms with E-state index in [9.17, 15) is 0 Å². The Morgan fingerprint density at radius 2 is 2.56 bits per heavy atom. The van der Waals surface area contributed by atoms with Crippen LogP contribution in [0.5, 0.6) is 0 Å². The molecule has 1 fully saturated rings. The molecule has 9 heavy (non-hydrogen) atoms. The fourth-order valence-corrected chi connectivity index (χ4v) is 0.948. The van der Waals surface area contributed by atoms with Gasteiger partial charge in [-0.2, -0.15) is 0 Å². The van der Waals surface area contributed by atoms with E-state index in [1.807, 2.05) is 0 Å². The van der Waals surface area contributed by atoms with Crippen molar-refractivity contribution in [3.05, 3.63) is 0 Å². The standard InChI is InChI=1S/C6H12N2O/c1-5-3-7-4-6(5)8-9-2/h5,7H,3-4H2,1-2H3/b8-6+/t5-/m0/s1. The van der Waals surface area contributed by atoms with E-state index >= 15 is 0 Å². The van der Waals surface area contributed by atoms with Crippen LogP contribution < -0.4 is 5.32 Å². The van der Waals surface area contributed by atoms with Crippen LogP contribution in [0.2, 0.25) is 0 Å². The number of hydrogen-bond acceptors (Lipinski definition) is 3. The zero-order chi connectivity index (χ0) is 6.69. The molecule has 3 heteroatoms. The lowest BCUT2D eigenvalue weighted by atomic mass is 10.1. The molecule has 0 aliphatic carbocycles. The first-order valence-corrected chi connectivity index (χ1v) is 3.15. The van der Waals surface area contributed by atoms with Crippen LogP contribution in [-0.4, -0.2) is 25.9 Å². The average Bonchev–Trinajstić information content (AvgIpc) is 2.18. The number of oxime groups is 1. The summed E-state index contributed by atoms with van der Waals surface area (Å²) in [6, 6.07) is 0. The first-order chi connectivity index (χ1) is 4.34. The van der Waals surface area contributed by atoms with Gasteiger partial charge in [-0.3, -0.25) is 0 Å². The zero-order valence-electron chi connectivity index (χ0n) is 5.85. The zero-order valence-corrected chi connectivity index (χ0v) is 5.85.